The molecular weight excluding hydrogens is 807 g/mol. The summed E-state index contributed by atoms with van der Waals surface area (Å²) in [6, 6.07) is 63.8. The molecule has 8 aromatic rings. The lowest BCUT2D eigenvalue weighted by Crippen LogP contribution is -2.27. The molecule has 0 heterocycles. The number of anilines is 3. The molecule has 1 heteroatoms. The van der Waals surface area contributed by atoms with E-state index in [1.807, 2.05) is 0 Å². The average Bonchev–Trinajstić information content (AvgIpc) is 4.27. The van der Waals surface area contributed by atoms with Crippen LogP contribution in [0.2, 0.25) is 0 Å². The largest absolute Gasteiger partial charge is 0.310 e. The summed E-state index contributed by atoms with van der Waals surface area (Å²) in [5.41, 5.74) is 26.8. The van der Waals surface area contributed by atoms with Gasteiger partial charge in [-0.3, -0.25) is 0 Å². The van der Waals surface area contributed by atoms with Crippen molar-refractivity contribution in [1.82, 2.24) is 0 Å². The van der Waals surface area contributed by atoms with Crippen molar-refractivity contribution in [3.8, 4) is 44.5 Å². The third kappa shape index (κ3) is 5.99. The lowest BCUT2D eigenvalue weighted by molar-refractivity contribution is 0.586. The molecule has 5 aliphatic rings. The topological polar surface area (TPSA) is 3.24 Å². The molecule has 0 unspecified atom stereocenters. The Balaban J connectivity index is 1.09. The summed E-state index contributed by atoms with van der Waals surface area (Å²) in [6.07, 6.45) is 4.32. The fourth-order valence-corrected chi connectivity index (χ4v) is 12.5. The smallest absolute Gasteiger partial charge is 0.0726 e. The number of benzene rings is 8. The fraction of sp³-hybridized carbons (Fsp3) is 0.273. The monoisotopic (exact) mass is 868 g/mol. The summed E-state index contributed by atoms with van der Waals surface area (Å²) in [4.78, 5) is 2.58. The van der Waals surface area contributed by atoms with Gasteiger partial charge in [0.25, 0.3) is 0 Å². The third-order valence-corrected chi connectivity index (χ3v) is 16.4. The lowest BCUT2D eigenvalue weighted by Gasteiger charge is -2.34. The Morgan fingerprint density at radius 2 is 0.896 bits per heavy atom. The minimum absolute atomic E-state index is 0.0245. The number of rotatable bonds is 6. The normalized spacial score (nSPS) is 17.5. The van der Waals surface area contributed by atoms with Gasteiger partial charge >= 0.3 is 0 Å². The van der Waals surface area contributed by atoms with Crippen molar-refractivity contribution >= 4 is 17.1 Å². The minimum atomic E-state index is -0.522. The molecule has 67 heavy (non-hydrogen) atoms. The second kappa shape index (κ2) is 14.1. The van der Waals surface area contributed by atoms with Gasteiger partial charge in [0, 0.05) is 23.7 Å². The van der Waals surface area contributed by atoms with Crippen LogP contribution in [0.3, 0.4) is 0 Å². The van der Waals surface area contributed by atoms with Gasteiger partial charge in [-0.15, -0.1) is 0 Å². The first-order valence-corrected chi connectivity index (χ1v) is 24.9. The van der Waals surface area contributed by atoms with Gasteiger partial charge in [0.05, 0.1) is 11.1 Å². The van der Waals surface area contributed by atoms with E-state index in [0.717, 1.165) is 24.2 Å². The molecule has 0 N–H and O–H groups in total. The molecule has 330 valence electrons. The van der Waals surface area contributed by atoms with E-state index >= 15 is 0 Å². The maximum Gasteiger partial charge on any atom is 0.0726 e. The number of para-hydroxylation sites is 1. The van der Waals surface area contributed by atoms with Gasteiger partial charge in [-0.2, -0.15) is 0 Å². The van der Waals surface area contributed by atoms with Crippen LogP contribution >= 0.6 is 0 Å². The Morgan fingerprint density at radius 1 is 0.433 bits per heavy atom. The summed E-state index contributed by atoms with van der Waals surface area (Å²) >= 11 is 0. The van der Waals surface area contributed by atoms with Gasteiger partial charge in [0.15, 0.2) is 0 Å². The molecule has 0 amide bonds. The van der Waals surface area contributed by atoms with Crippen LogP contribution in [0, 0.1) is 0 Å². The number of hydrogen-bond donors (Lipinski definition) is 0. The molecule has 2 fully saturated rings. The summed E-state index contributed by atoms with van der Waals surface area (Å²) in [5.74, 6) is 0.101. The molecule has 5 aliphatic carbocycles. The molecule has 0 aliphatic heterocycles. The summed E-state index contributed by atoms with van der Waals surface area (Å²) in [5, 5.41) is 0. The average molecular weight is 869 g/mol. The molecule has 0 aromatic heterocycles. The zero-order valence-corrected chi connectivity index (χ0v) is 40.4. The maximum atomic E-state index is 9.14. The zero-order valence-electron chi connectivity index (χ0n) is 41.4. The van der Waals surface area contributed by atoms with E-state index in [4.69, 9.17) is 1.37 Å². The second-order valence-electron chi connectivity index (χ2n) is 23.0. The van der Waals surface area contributed by atoms with Gasteiger partial charge in [-0.05, 0) is 173 Å². The number of fused-ring (bicyclic) bond motifs is 13. The number of nitrogens with zero attached hydrogens (tertiary/aromatic N) is 1. The summed E-state index contributed by atoms with van der Waals surface area (Å²) in [7, 11) is 0. The predicted octanol–water partition coefficient (Wildman–Crippen LogP) is 17.8. The van der Waals surface area contributed by atoms with Crippen LogP contribution in [0.15, 0.2) is 164 Å². The molecule has 13 rings (SSSR count). The summed E-state index contributed by atoms with van der Waals surface area (Å²) in [6.45, 7) is 18.9. The number of hydrogen-bond acceptors (Lipinski definition) is 1. The first-order valence-electron chi connectivity index (χ1n) is 25.4. The van der Waals surface area contributed by atoms with E-state index in [1.54, 1.807) is 0 Å². The Labute approximate surface area is 400 Å². The molecule has 0 atom stereocenters. The minimum Gasteiger partial charge on any atom is -0.310 e. The molecule has 8 aromatic carbocycles. The van der Waals surface area contributed by atoms with E-state index in [2.05, 4.69) is 224 Å². The molecule has 1 spiro atoms. The highest BCUT2D eigenvalue weighted by atomic mass is 15.1. The SMILES string of the molecule is [2H]C1(c2ccc(-c3ccccc3N(c3ccc4c(c3)C(C)(C)c3ccccc3-4)c3ccc4c(c3)C3(c5ccccc5-4)c4cc(C(C)(C)C)ccc4-c4ccc(C(C)(C)C)cc43)c(C3CC3)c2)CC1. The lowest BCUT2D eigenvalue weighted by atomic mass is 9.68. The van der Waals surface area contributed by atoms with Crippen molar-refractivity contribution in [1.29, 1.82) is 0 Å². The van der Waals surface area contributed by atoms with E-state index in [0.29, 0.717) is 5.92 Å². The van der Waals surface area contributed by atoms with Gasteiger partial charge in [-0.1, -0.05) is 189 Å². The standard InChI is InChI=1S/C66H61N/c1-63(2,3)43-26-31-51-52-32-27-44(64(4,5)6)37-60(52)66(59(51)36-43)57-19-13-10-16-49(57)53-34-29-46(39-61(53)66)67(45-28-33-50-48-15-9-12-18-56(48)65(7,8)58(50)38-45)62-20-14-11-17-54(62)47-30-25-42(40-21-22-40)35-55(47)41-23-24-41/h9-20,25-41H,21-24H2,1-8H3/i40D. The highest BCUT2D eigenvalue weighted by Crippen LogP contribution is 2.64. The first-order chi connectivity index (χ1) is 32.6. The Morgan fingerprint density at radius 3 is 1.48 bits per heavy atom. The highest BCUT2D eigenvalue weighted by Gasteiger charge is 2.52. The quantitative estimate of drug-likeness (QED) is 0.161. The predicted molar refractivity (Wildman–Crippen MR) is 282 cm³/mol. The van der Waals surface area contributed by atoms with Crippen molar-refractivity contribution < 1.29 is 1.37 Å². The van der Waals surface area contributed by atoms with Gasteiger partial charge in [-0.25, -0.2) is 0 Å². The van der Waals surface area contributed by atoms with Crippen LogP contribution in [-0.2, 0) is 21.7 Å². The molecule has 0 bridgehead atoms. The van der Waals surface area contributed by atoms with Gasteiger partial charge < -0.3 is 4.90 Å². The highest BCUT2D eigenvalue weighted by molar-refractivity contribution is 5.98. The Bertz CT molecular complexity index is 3370. The van der Waals surface area contributed by atoms with Crippen LogP contribution < -0.4 is 4.90 Å². The van der Waals surface area contributed by atoms with Crippen LogP contribution in [0.1, 0.15) is 150 Å². The van der Waals surface area contributed by atoms with Crippen molar-refractivity contribution in [3.05, 3.63) is 219 Å². The van der Waals surface area contributed by atoms with E-state index in [-0.39, 0.29) is 16.2 Å². The van der Waals surface area contributed by atoms with Crippen molar-refractivity contribution in [2.45, 2.75) is 115 Å². The van der Waals surface area contributed by atoms with Crippen LogP contribution in [-0.4, -0.2) is 0 Å². The zero-order chi connectivity index (χ0) is 46.7. The molecular formula is C66H61N. The third-order valence-electron chi connectivity index (χ3n) is 16.4. The van der Waals surface area contributed by atoms with Crippen molar-refractivity contribution in [2.75, 3.05) is 4.90 Å². The maximum absolute atomic E-state index is 9.14. The van der Waals surface area contributed by atoms with Crippen LogP contribution in [0.5, 0.6) is 0 Å². The van der Waals surface area contributed by atoms with Crippen molar-refractivity contribution in [3.63, 3.8) is 0 Å². The van der Waals surface area contributed by atoms with Crippen molar-refractivity contribution in [2.24, 2.45) is 0 Å². The molecule has 2 saturated carbocycles. The molecule has 1 nitrogen and oxygen atoms in total. The molecule has 0 saturated heterocycles. The van der Waals surface area contributed by atoms with E-state index in [9.17, 15) is 0 Å². The van der Waals surface area contributed by atoms with E-state index < -0.39 is 11.3 Å². The Kier molecular flexibility index (Phi) is 8.33. The first kappa shape index (κ1) is 39.7. The van der Waals surface area contributed by atoms with Gasteiger partial charge in [0.2, 0.25) is 0 Å². The van der Waals surface area contributed by atoms with E-state index in [1.165, 1.54) is 119 Å². The second-order valence-corrected chi connectivity index (χ2v) is 23.0. The molecule has 0 radical (unpaired) electrons. The van der Waals surface area contributed by atoms with Crippen LogP contribution in [0.4, 0.5) is 17.1 Å². The summed E-state index contributed by atoms with van der Waals surface area (Å²) < 4.78 is 9.14. The van der Waals surface area contributed by atoms with Crippen LogP contribution in [0.25, 0.3) is 44.5 Å². The Hall–Kier alpha value is -6.44. The van der Waals surface area contributed by atoms with Gasteiger partial charge in [0.1, 0.15) is 0 Å². The fourth-order valence-electron chi connectivity index (χ4n) is 12.5.